The molecular weight excluding hydrogens is 283 g/mol. The molecule has 23 heavy (non-hydrogen) atoms. The average molecular weight is 308 g/mol. The van der Waals surface area contributed by atoms with Gasteiger partial charge in [0.1, 0.15) is 5.82 Å². The number of rotatable bonds is 2. The van der Waals surface area contributed by atoms with Crippen molar-refractivity contribution in [3.63, 3.8) is 0 Å². The third kappa shape index (κ3) is 2.97. The molecule has 0 bridgehead atoms. The highest BCUT2D eigenvalue weighted by Gasteiger charge is 2.41. The molecule has 0 radical (unpaired) electrons. The number of benzene rings is 2. The molecule has 0 spiro atoms. The van der Waals surface area contributed by atoms with Gasteiger partial charge in [0.25, 0.3) is 0 Å². The number of fused-ring (bicyclic) bond motifs is 1. The second-order valence-corrected chi connectivity index (χ2v) is 8.08. The van der Waals surface area contributed by atoms with Crippen LogP contribution in [0.25, 0.3) is 11.6 Å². The Hall–Kier alpha value is -1.89. The van der Waals surface area contributed by atoms with Gasteiger partial charge in [-0.25, -0.2) is 4.39 Å². The second-order valence-electron chi connectivity index (χ2n) is 8.08. The van der Waals surface area contributed by atoms with Crippen LogP contribution in [-0.4, -0.2) is 0 Å². The Balaban J connectivity index is 2.01. The first-order valence-corrected chi connectivity index (χ1v) is 8.28. The highest BCUT2D eigenvalue weighted by Crippen LogP contribution is 2.49. The van der Waals surface area contributed by atoms with Crippen LogP contribution in [0.5, 0.6) is 0 Å². The van der Waals surface area contributed by atoms with E-state index in [1.54, 1.807) is 0 Å². The molecule has 0 nitrogen and oxygen atoms in total. The lowest BCUT2D eigenvalue weighted by atomic mass is 9.82. The van der Waals surface area contributed by atoms with E-state index in [9.17, 15) is 4.39 Å². The summed E-state index contributed by atoms with van der Waals surface area (Å²) in [5.74, 6) is -0.193. The first-order valence-electron chi connectivity index (χ1n) is 8.28. The molecule has 1 aliphatic rings. The highest BCUT2D eigenvalue weighted by molar-refractivity contribution is 5.80. The number of allylic oxidation sites excluding steroid dienone is 1. The van der Waals surface area contributed by atoms with Crippen LogP contribution in [0, 0.1) is 5.82 Å². The fourth-order valence-electron chi connectivity index (χ4n) is 4.13. The lowest BCUT2D eigenvalue weighted by Gasteiger charge is -2.22. The highest BCUT2D eigenvalue weighted by atomic mass is 19.1. The van der Waals surface area contributed by atoms with Crippen LogP contribution in [0.3, 0.4) is 0 Å². The fraction of sp³-hybridized carbons (Fsp3) is 0.364. The predicted molar refractivity (Wildman–Crippen MR) is 97.1 cm³/mol. The Morgan fingerprint density at radius 2 is 1.52 bits per heavy atom. The zero-order chi connectivity index (χ0) is 16.8. The normalized spacial score (nSPS) is 18.8. The van der Waals surface area contributed by atoms with Crippen LogP contribution >= 0.6 is 0 Å². The quantitative estimate of drug-likeness (QED) is 0.567. The third-order valence-corrected chi connectivity index (χ3v) is 5.07. The van der Waals surface area contributed by atoms with Gasteiger partial charge in [0.15, 0.2) is 0 Å². The molecule has 0 atom stereocenters. The summed E-state index contributed by atoms with van der Waals surface area (Å²) in [5.41, 5.74) is 6.88. The molecule has 2 aromatic carbocycles. The van der Waals surface area contributed by atoms with E-state index in [2.05, 4.69) is 58.9 Å². The predicted octanol–water partition coefficient (Wildman–Crippen LogP) is 6.35. The first-order chi connectivity index (χ1) is 10.7. The van der Waals surface area contributed by atoms with Crippen LogP contribution in [0.4, 0.5) is 4.39 Å². The molecular formula is C22H25F. The Morgan fingerprint density at radius 1 is 0.913 bits per heavy atom. The molecule has 0 saturated heterocycles. The van der Waals surface area contributed by atoms with Gasteiger partial charge in [-0.05, 0) is 64.1 Å². The second kappa shape index (κ2) is 5.33. The zero-order valence-electron chi connectivity index (χ0n) is 14.7. The molecule has 0 N–H and O–H groups in total. The molecule has 0 fully saturated rings. The zero-order valence-corrected chi connectivity index (χ0v) is 14.7. The Bertz CT molecular complexity index is 761. The third-order valence-electron chi connectivity index (χ3n) is 5.07. The molecule has 0 heterocycles. The Morgan fingerprint density at radius 3 is 2.17 bits per heavy atom. The van der Waals surface area contributed by atoms with Gasteiger partial charge in [-0.2, -0.15) is 0 Å². The Labute approximate surface area is 139 Å². The van der Waals surface area contributed by atoms with Crippen LogP contribution in [0.1, 0.15) is 63.3 Å². The van der Waals surface area contributed by atoms with Crippen molar-refractivity contribution in [2.24, 2.45) is 0 Å². The molecule has 0 saturated carbocycles. The number of halogens is 1. The van der Waals surface area contributed by atoms with E-state index in [4.69, 9.17) is 0 Å². The van der Waals surface area contributed by atoms with Crippen LogP contribution in [0.2, 0.25) is 0 Å². The maximum atomic E-state index is 13.0. The topological polar surface area (TPSA) is 0 Å². The van der Waals surface area contributed by atoms with Gasteiger partial charge in [-0.3, -0.25) is 0 Å². The fourth-order valence-corrected chi connectivity index (χ4v) is 4.13. The SMILES string of the molecule is C/C(=C\c1ccc(F)cc1)c1ccc2c(c1)C(C)(C)CC2(C)C. The van der Waals surface area contributed by atoms with Crippen molar-refractivity contribution < 1.29 is 4.39 Å². The van der Waals surface area contributed by atoms with E-state index in [1.165, 1.54) is 40.8 Å². The smallest absolute Gasteiger partial charge is 0.123 e. The van der Waals surface area contributed by atoms with Gasteiger partial charge in [-0.1, -0.05) is 64.1 Å². The lowest BCUT2D eigenvalue weighted by Crippen LogP contribution is -2.17. The van der Waals surface area contributed by atoms with Gasteiger partial charge < -0.3 is 0 Å². The van der Waals surface area contributed by atoms with Crippen LogP contribution < -0.4 is 0 Å². The lowest BCUT2D eigenvalue weighted by molar-refractivity contribution is 0.403. The van der Waals surface area contributed by atoms with Gasteiger partial charge in [0.2, 0.25) is 0 Å². The summed E-state index contributed by atoms with van der Waals surface area (Å²) in [6.45, 7) is 11.5. The molecule has 2 aromatic rings. The maximum absolute atomic E-state index is 13.0. The van der Waals surface area contributed by atoms with Gasteiger partial charge >= 0.3 is 0 Å². The largest absolute Gasteiger partial charge is 0.207 e. The first kappa shape index (κ1) is 16.0. The van der Waals surface area contributed by atoms with Crippen LogP contribution in [-0.2, 0) is 10.8 Å². The molecule has 0 unspecified atom stereocenters. The van der Waals surface area contributed by atoms with Crippen molar-refractivity contribution in [3.05, 3.63) is 70.5 Å². The summed E-state index contributed by atoms with van der Waals surface area (Å²) >= 11 is 0. The molecule has 0 aliphatic heterocycles. The molecule has 1 heteroatoms. The molecule has 3 rings (SSSR count). The van der Waals surface area contributed by atoms with Crippen molar-refractivity contribution in [2.45, 2.75) is 51.9 Å². The standard InChI is InChI=1S/C22H25F/c1-15(12-16-6-9-18(23)10-7-16)17-8-11-19-20(13-17)22(4,5)14-21(19,2)3/h6-13H,14H2,1-5H3/b15-12+. The van der Waals surface area contributed by atoms with E-state index >= 15 is 0 Å². The summed E-state index contributed by atoms with van der Waals surface area (Å²) < 4.78 is 13.0. The van der Waals surface area contributed by atoms with Crippen LogP contribution in [0.15, 0.2) is 42.5 Å². The number of hydrogen-bond acceptors (Lipinski definition) is 0. The van der Waals surface area contributed by atoms with Crippen molar-refractivity contribution >= 4 is 11.6 Å². The molecule has 120 valence electrons. The van der Waals surface area contributed by atoms with E-state index in [1.807, 2.05) is 12.1 Å². The summed E-state index contributed by atoms with van der Waals surface area (Å²) in [6, 6.07) is 13.5. The van der Waals surface area contributed by atoms with Gasteiger partial charge in [0, 0.05) is 0 Å². The molecule has 0 aromatic heterocycles. The molecule has 0 amide bonds. The van der Waals surface area contributed by atoms with E-state index in [0.29, 0.717) is 0 Å². The Kier molecular flexibility index (Phi) is 3.71. The minimum atomic E-state index is -0.193. The number of hydrogen-bond donors (Lipinski definition) is 0. The summed E-state index contributed by atoms with van der Waals surface area (Å²) in [6.07, 6.45) is 3.30. The van der Waals surface area contributed by atoms with E-state index < -0.39 is 0 Å². The maximum Gasteiger partial charge on any atom is 0.123 e. The minimum Gasteiger partial charge on any atom is -0.207 e. The summed E-state index contributed by atoms with van der Waals surface area (Å²) in [7, 11) is 0. The monoisotopic (exact) mass is 308 g/mol. The van der Waals surface area contributed by atoms with Crippen molar-refractivity contribution in [1.82, 2.24) is 0 Å². The average Bonchev–Trinajstić information content (AvgIpc) is 2.66. The van der Waals surface area contributed by atoms with Crippen molar-refractivity contribution in [3.8, 4) is 0 Å². The van der Waals surface area contributed by atoms with Gasteiger partial charge in [0.05, 0.1) is 0 Å². The summed E-state index contributed by atoms with van der Waals surface area (Å²) in [4.78, 5) is 0. The molecule has 1 aliphatic carbocycles. The van der Waals surface area contributed by atoms with Gasteiger partial charge in [-0.15, -0.1) is 0 Å². The van der Waals surface area contributed by atoms with Crippen molar-refractivity contribution in [1.29, 1.82) is 0 Å². The van der Waals surface area contributed by atoms with E-state index in [0.717, 1.165) is 5.56 Å². The van der Waals surface area contributed by atoms with E-state index in [-0.39, 0.29) is 16.6 Å². The summed E-state index contributed by atoms with van der Waals surface area (Å²) in [5, 5.41) is 0. The van der Waals surface area contributed by atoms with Crippen molar-refractivity contribution in [2.75, 3.05) is 0 Å². The minimum absolute atomic E-state index is 0.193.